The van der Waals surface area contributed by atoms with Gasteiger partial charge in [-0.1, -0.05) is 0 Å². The third-order valence-electron chi connectivity index (χ3n) is 3.61. The fourth-order valence-electron chi connectivity index (χ4n) is 2.35. The molecule has 0 spiro atoms. The first-order valence-electron chi connectivity index (χ1n) is 8.38. The van der Waals surface area contributed by atoms with Crippen LogP contribution >= 0.6 is 12.2 Å². The minimum absolute atomic E-state index is 0.541. The lowest BCUT2D eigenvalue weighted by Gasteiger charge is -2.26. The van der Waals surface area contributed by atoms with E-state index in [1.807, 2.05) is 31.2 Å². The maximum Gasteiger partial charge on any atom is 0.186 e. The number of nitrogens with one attached hydrogen (secondary N) is 2. The summed E-state index contributed by atoms with van der Waals surface area (Å²) in [5.74, 6) is 0.861. The van der Waals surface area contributed by atoms with Crippen LogP contribution in [0.5, 0.6) is 5.75 Å². The Hall–Kier alpha value is -1.70. The molecule has 0 atom stereocenters. The summed E-state index contributed by atoms with van der Waals surface area (Å²) in [6.45, 7) is 8.26. The molecule has 2 N–H and O–H groups in total. The number of rotatable bonds is 8. The van der Waals surface area contributed by atoms with Crippen LogP contribution in [0.25, 0.3) is 0 Å². The van der Waals surface area contributed by atoms with Crippen LogP contribution in [0.4, 0.5) is 0 Å². The van der Waals surface area contributed by atoms with Crippen molar-refractivity contribution in [2.75, 3.05) is 46.0 Å². The van der Waals surface area contributed by atoms with Crippen LogP contribution in [0.1, 0.15) is 18.9 Å². The Morgan fingerprint density at radius 1 is 1.33 bits per heavy atom. The molecular weight excluding hydrogens is 324 g/mol. The van der Waals surface area contributed by atoms with Gasteiger partial charge in [-0.15, -0.1) is 0 Å². The number of nitrogens with zero attached hydrogens (tertiary/aromatic N) is 2. The topological polar surface area (TPSA) is 58.1 Å². The summed E-state index contributed by atoms with van der Waals surface area (Å²) in [6, 6.07) is 7.75. The van der Waals surface area contributed by atoms with Gasteiger partial charge in [0.05, 0.1) is 26.0 Å². The molecule has 2 rings (SSSR count). The van der Waals surface area contributed by atoms with Gasteiger partial charge in [0.25, 0.3) is 0 Å². The molecule has 1 aromatic carbocycles. The summed E-state index contributed by atoms with van der Waals surface area (Å²) in [4.78, 5) is 2.41. The fraction of sp³-hybridized carbons (Fsp3) is 0.529. The van der Waals surface area contributed by atoms with Gasteiger partial charge in [-0.25, -0.2) is 0 Å². The zero-order valence-corrected chi connectivity index (χ0v) is 15.0. The Morgan fingerprint density at radius 3 is 2.79 bits per heavy atom. The van der Waals surface area contributed by atoms with Crippen molar-refractivity contribution in [1.29, 1.82) is 0 Å². The van der Waals surface area contributed by atoms with E-state index < -0.39 is 0 Å². The molecule has 0 saturated carbocycles. The minimum Gasteiger partial charge on any atom is -0.494 e. The van der Waals surface area contributed by atoms with Crippen LogP contribution in [0.3, 0.4) is 0 Å². The Labute approximate surface area is 149 Å². The lowest BCUT2D eigenvalue weighted by molar-refractivity contribution is 0.0376. The molecule has 1 heterocycles. The number of benzene rings is 1. The molecule has 1 aliphatic heterocycles. The van der Waals surface area contributed by atoms with Gasteiger partial charge in [-0.3, -0.25) is 10.3 Å². The first kappa shape index (κ1) is 18.6. The summed E-state index contributed by atoms with van der Waals surface area (Å²) < 4.78 is 10.7. The molecule has 1 aromatic rings. The van der Waals surface area contributed by atoms with E-state index in [9.17, 15) is 0 Å². The third-order valence-corrected chi connectivity index (χ3v) is 3.85. The molecule has 0 amide bonds. The summed E-state index contributed by atoms with van der Waals surface area (Å²) in [6.07, 6.45) is 2.78. The molecule has 6 nitrogen and oxygen atoms in total. The molecule has 24 heavy (non-hydrogen) atoms. The zero-order valence-electron chi connectivity index (χ0n) is 14.2. The quantitative estimate of drug-likeness (QED) is 0.321. The van der Waals surface area contributed by atoms with Crippen molar-refractivity contribution in [3.63, 3.8) is 0 Å². The van der Waals surface area contributed by atoms with Crippen molar-refractivity contribution >= 4 is 23.5 Å². The van der Waals surface area contributed by atoms with Crippen LogP contribution in [-0.2, 0) is 4.74 Å². The maximum atomic E-state index is 5.40. The van der Waals surface area contributed by atoms with Crippen molar-refractivity contribution in [3.05, 3.63) is 29.8 Å². The molecule has 1 aliphatic rings. The number of morpholine rings is 1. The molecule has 1 saturated heterocycles. The molecule has 0 radical (unpaired) electrons. The largest absolute Gasteiger partial charge is 0.494 e. The van der Waals surface area contributed by atoms with E-state index in [4.69, 9.17) is 21.7 Å². The van der Waals surface area contributed by atoms with Crippen LogP contribution in [0.2, 0.25) is 0 Å². The minimum atomic E-state index is 0.541. The Bertz CT molecular complexity index is 516. The van der Waals surface area contributed by atoms with E-state index in [0.717, 1.165) is 57.1 Å². The van der Waals surface area contributed by atoms with E-state index >= 15 is 0 Å². The number of hydrazone groups is 1. The first-order valence-corrected chi connectivity index (χ1v) is 8.78. The average molecular weight is 350 g/mol. The van der Waals surface area contributed by atoms with Gasteiger partial charge in [-0.05, 0) is 61.9 Å². The molecular formula is C17H26N4O2S. The fourth-order valence-corrected chi connectivity index (χ4v) is 2.51. The van der Waals surface area contributed by atoms with Gasteiger partial charge in [0.1, 0.15) is 5.75 Å². The van der Waals surface area contributed by atoms with Gasteiger partial charge in [0.2, 0.25) is 0 Å². The SMILES string of the molecule is CCOc1ccc(/C=N\NC(=S)NCCCN2CCOCC2)cc1. The third kappa shape index (κ3) is 7.25. The van der Waals surface area contributed by atoms with Gasteiger partial charge < -0.3 is 14.8 Å². The Balaban J connectivity index is 1.58. The predicted octanol–water partition coefficient (Wildman–Crippen LogP) is 1.61. The highest BCUT2D eigenvalue weighted by Crippen LogP contribution is 2.10. The molecule has 7 heteroatoms. The zero-order chi connectivity index (χ0) is 17.0. The molecule has 132 valence electrons. The predicted molar refractivity (Wildman–Crippen MR) is 101 cm³/mol. The Kier molecular flexibility index (Phi) is 8.51. The van der Waals surface area contributed by atoms with E-state index in [0.29, 0.717) is 11.7 Å². The van der Waals surface area contributed by atoms with Gasteiger partial charge in [-0.2, -0.15) is 5.10 Å². The van der Waals surface area contributed by atoms with E-state index in [1.54, 1.807) is 6.21 Å². The molecule has 0 aliphatic carbocycles. The molecule has 1 fully saturated rings. The summed E-state index contributed by atoms with van der Waals surface area (Å²) in [5.41, 5.74) is 3.82. The maximum absolute atomic E-state index is 5.40. The van der Waals surface area contributed by atoms with Crippen molar-refractivity contribution < 1.29 is 9.47 Å². The second-order valence-corrected chi connectivity index (χ2v) is 5.84. The van der Waals surface area contributed by atoms with Crippen LogP contribution in [0.15, 0.2) is 29.4 Å². The number of hydrogen-bond acceptors (Lipinski definition) is 5. The normalized spacial score (nSPS) is 15.4. The van der Waals surface area contributed by atoms with Crippen molar-refractivity contribution in [3.8, 4) is 5.75 Å². The number of hydrogen-bond donors (Lipinski definition) is 2. The highest BCUT2D eigenvalue weighted by molar-refractivity contribution is 7.80. The van der Waals surface area contributed by atoms with Crippen LogP contribution in [0, 0.1) is 0 Å². The number of thiocarbonyl (C=S) groups is 1. The molecule has 0 aromatic heterocycles. The summed E-state index contributed by atoms with van der Waals surface area (Å²) in [5, 5.41) is 7.84. The first-order chi connectivity index (χ1) is 11.8. The average Bonchev–Trinajstić information content (AvgIpc) is 2.61. The smallest absolute Gasteiger partial charge is 0.186 e. The van der Waals surface area contributed by atoms with Crippen LogP contribution < -0.4 is 15.5 Å². The second-order valence-electron chi connectivity index (χ2n) is 5.44. The monoisotopic (exact) mass is 350 g/mol. The standard InChI is InChI=1S/C17H26N4O2S/c1-2-23-16-6-4-15(5-7-16)14-19-20-17(24)18-8-3-9-21-10-12-22-13-11-21/h4-7,14H,2-3,8-13H2,1H3,(H2,18,20,24)/b19-14-. The van der Waals surface area contributed by atoms with Gasteiger partial charge >= 0.3 is 0 Å². The summed E-state index contributed by atoms with van der Waals surface area (Å²) >= 11 is 5.20. The lowest BCUT2D eigenvalue weighted by atomic mass is 10.2. The second kappa shape index (κ2) is 11.0. The Morgan fingerprint density at radius 2 is 2.08 bits per heavy atom. The molecule has 0 unspecified atom stereocenters. The molecule has 0 bridgehead atoms. The van der Waals surface area contributed by atoms with Gasteiger partial charge in [0, 0.05) is 19.6 Å². The van der Waals surface area contributed by atoms with Crippen molar-refractivity contribution in [1.82, 2.24) is 15.6 Å². The van der Waals surface area contributed by atoms with E-state index in [1.165, 1.54) is 0 Å². The van der Waals surface area contributed by atoms with Gasteiger partial charge in [0.15, 0.2) is 5.11 Å². The van der Waals surface area contributed by atoms with Crippen molar-refractivity contribution in [2.45, 2.75) is 13.3 Å². The van der Waals surface area contributed by atoms with Crippen molar-refractivity contribution in [2.24, 2.45) is 5.10 Å². The lowest BCUT2D eigenvalue weighted by Crippen LogP contribution is -2.39. The highest BCUT2D eigenvalue weighted by atomic mass is 32.1. The summed E-state index contributed by atoms with van der Waals surface area (Å²) in [7, 11) is 0. The van der Waals surface area contributed by atoms with E-state index in [2.05, 4.69) is 20.7 Å². The van der Waals surface area contributed by atoms with Crippen LogP contribution in [-0.4, -0.2) is 62.2 Å². The van der Waals surface area contributed by atoms with E-state index in [-0.39, 0.29) is 0 Å². The number of ether oxygens (including phenoxy) is 2. The highest BCUT2D eigenvalue weighted by Gasteiger charge is 2.08.